The molecule has 25 heavy (non-hydrogen) atoms. The van der Waals surface area contributed by atoms with Crippen LogP contribution in [0.3, 0.4) is 0 Å². The van der Waals surface area contributed by atoms with Gasteiger partial charge in [-0.2, -0.15) is 0 Å². The van der Waals surface area contributed by atoms with Gasteiger partial charge in [0.2, 0.25) is 11.8 Å². The van der Waals surface area contributed by atoms with Crippen LogP contribution in [-0.4, -0.2) is 56.1 Å². The molecule has 0 spiro atoms. The molecule has 1 aliphatic rings. The van der Waals surface area contributed by atoms with Gasteiger partial charge in [-0.1, -0.05) is 6.92 Å². The zero-order chi connectivity index (χ0) is 18.2. The number of nitrogens with zero attached hydrogens (tertiary/aromatic N) is 1. The van der Waals surface area contributed by atoms with Gasteiger partial charge >= 0.3 is 5.97 Å². The van der Waals surface area contributed by atoms with E-state index in [-0.39, 0.29) is 30.1 Å². The van der Waals surface area contributed by atoms with Crippen LogP contribution in [0, 0.1) is 5.92 Å². The van der Waals surface area contributed by atoms with E-state index in [0.717, 1.165) is 6.42 Å². The first kappa shape index (κ1) is 18.9. The largest absolute Gasteiger partial charge is 0.462 e. The number of methoxy groups -OCH3 is 1. The van der Waals surface area contributed by atoms with E-state index in [2.05, 4.69) is 5.32 Å². The highest BCUT2D eigenvalue weighted by Crippen LogP contribution is 2.20. The van der Waals surface area contributed by atoms with E-state index in [9.17, 15) is 14.4 Å². The molecule has 0 bridgehead atoms. The number of hydrogen-bond acceptors (Lipinski definition) is 5. The van der Waals surface area contributed by atoms with Crippen molar-refractivity contribution >= 4 is 23.5 Å². The van der Waals surface area contributed by atoms with Crippen molar-refractivity contribution in [2.75, 3.05) is 38.7 Å². The standard InChI is InChI=1S/C18H24N2O5/c1-3-9-25-18(23)13-4-6-15(7-5-13)19-17(22)14-11-16(21)20(12-14)8-10-24-2/h4-7,14H,3,8-12H2,1-2H3,(H,19,22). The summed E-state index contributed by atoms with van der Waals surface area (Å²) < 4.78 is 10.0. The number of benzene rings is 1. The van der Waals surface area contributed by atoms with Crippen LogP contribution in [0.5, 0.6) is 0 Å². The van der Waals surface area contributed by atoms with Gasteiger partial charge in [-0.25, -0.2) is 4.79 Å². The lowest BCUT2D eigenvalue weighted by atomic mass is 10.1. The maximum atomic E-state index is 12.3. The summed E-state index contributed by atoms with van der Waals surface area (Å²) in [5.41, 5.74) is 1.02. The third-order valence-electron chi connectivity index (χ3n) is 3.98. The number of amides is 2. The van der Waals surface area contributed by atoms with Crippen LogP contribution in [-0.2, 0) is 19.1 Å². The minimum Gasteiger partial charge on any atom is -0.462 e. The Morgan fingerprint density at radius 2 is 1.96 bits per heavy atom. The molecule has 1 aromatic carbocycles. The zero-order valence-electron chi connectivity index (χ0n) is 14.6. The molecule has 1 heterocycles. The molecule has 1 N–H and O–H groups in total. The van der Waals surface area contributed by atoms with Crippen molar-refractivity contribution in [3.05, 3.63) is 29.8 Å². The van der Waals surface area contributed by atoms with Gasteiger partial charge in [-0.05, 0) is 30.7 Å². The lowest BCUT2D eigenvalue weighted by molar-refractivity contribution is -0.128. The Hall–Kier alpha value is -2.41. The van der Waals surface area contributed by atoms with Crippen molar-refractivity contribution in [3.63, 3.8) is 0 Å². The summed E-state index contributed by atoms with van der Waals surface area (Å²) >= 11 is 0. The van der Waals surface area contributed by atoms with Gasteiger partial charge in [0.05, 0.1) is 24.7 Å². The molecule has 1 saturated heterocycles. The molecule has 0 aliphatic carbocycles. The molecule has 136 valence electrons. The first-order valence-corrected chi connectivity index (χ1v) is 8.40. The lowest BCUT2D eigenvalue weighted by Crippen LogP contribution is -2.30. The summed E-state index contributed by atoms with van der Waals surface area (Å²) in [6.45, 7) is 3.65. The maximum absolute atomic E-state index is 12.3. The van der Waals surface area contributed by atoms with Crippen molar-refractivity contribution in [1.29, 1.82) is 0 Å². The average Bonchev–Trinajstić information content (AvgIpc) is 2.99. The van der Waals surface area contributed by atoms with E-state index in [1.54, 1.807) is 36.3 Å². The summed E-state index contributed by atoms with van der Waals surface area (Å²) in [5, 5.41) is 2.79. The molecule has 1 fully saturated rings. The van der Waals surface area contributed by atoms with Crippen molar-refractivity contribution in [2.45, 2.75) is 19.8 Å². The Morgan fingerprint density at radius 1 is 1.24 bits per heavy atom. The second-order valence-corrected chi connectivity index (χ2v) is 5.94. The average molecular weight is 348 g/mol. The predicted octanol–water partition coefficient (Wildman–Crippen LogP) is 1.69. The number of rotatable bonds is 8. The molecule has 1 aliphatic heterocycles. The SMILES string of the molecule is CCCOC(=O)c1ccc(NC(=O)C2CC(=O)N(CCOC)C2)cc1. The van der Waals surface area contributed by atoms with Crippen molar-refractivity contribution in [3.8, 4) is 0 Å². The molecule has 1 aromatic rings. The van der Waals surface area contributed by atoms with Crippen molar-refractivity contribution < 1.29 is 23.9 Å². The summed E-state index contributed by atoms with van der Waals surface area (Å²) in [6.07, 6.45) is 0.971. The molecule has 2 amide bonds. The Kier molecular flexibility index (Phi) is 6.94. The van der Waals surface area contributed by atoms with Gasteiger partial charge in [0.25, 0.3) is 0 Å². The number of nitrogens with one attached hydrogen (secondary N) is 1. The summed E-state index contributed by atoms with van der Waals surface area (Å²) in [5.74, 6) is -0.991. The van der Waals surface area contributed by atoms with Gasteiger partial charge in [-0.15, -0.1) is 0 Å². The highest BCUT2D eigenvalue weighted by molar-refractivity contribution is 5.97. The summed E-state index contributed by atoms with van der Waals surface area (Å²) in [4.78, 5) is 37.6. The Labute approximate surface area is 147 Å². The minimum absolute atomic E-state index is 0.0359. The van der Waals surface area contributed by atoms with Gasteiger partial charge < -0.3 is 19.7 Å². The number of esters is 1. The monoisotopic (exact) mass is 348 g/mol. The second-order valence-electron chi connectivity index (χ2n) is 5.94. The third kappa shape index (κ3) is 5.29. The fraction of sp³-hybridized carbons (Fsp3) is 0.500. The number of ether oxygens (including phenoxy) is 2. The molecule has 0 saturated carbocycles. The highest BCUT2D eigenvalue weighted by Gasteiger charge is 2.33. The third-order valence-corrected chi connectivity index (χ3v) is 3.98. The topological polar surface area (TPSA) is 84.9 Å². The van der Waals surface area contributed by atoms with E-state index in [4.69, 9.17) is 9.47 Å². The van der Waals surface area contributed by atoms with E-state index in [1.165, 1.54) is 0 Å². The molecule has 2 rings (SSSR count). The second kappa shape index (κ2) is 9.17. The van der Waals surface area contributed by atoms with Crippen LogP contribution >= 0.6 is 0 Å². The van der Waals surface area contributed by atoms with Crippen LogP contribution in [0.2, 0.25) is 0 Å². The van der Waals surface area contributed by atoms with Gasteiger partial charge in [0.1, 0.15) is 0 Å². The summed E-state index contributed by atoms with van der Waals surface area (Å²) in [6, 6.07) is 6.52. The maximum Gasteiger partial charge on any atom is 0.338 e. The van der Waals surface area contributed by atoms with E-state index in [0.29, 0.717) is 37.6 Å². The lowest BCUT2D eigenvalue weighted by Gasteiger charge is -2.15. The van der Waals surface area contributed by atoms with Crippen LogP contribution < -0.4 is 5.32 Å². The number of hydrogen-bond donors (Lipinski definition) is 1. The smallest absolute Gasteiger partial charge is 0.338 e. The molecule has 1 unspecified atom stereocenters. The van der Waals surface area contributed by atoms with E-state index in [1.807, 2.05) is 6.92 Å². The molecule has 0 radical (unpaired) electrons. The molecule has 0 aromatic heterocycles. The predicted molar refractivity (Wildman–Crippen MR) is 92.2 cm³/mol. The van der Waals surface area contributed by atoms with Crippen LogP contribution in [0.25, 0.3) is 0 Å². The van der Waals surface area contributed by atoms with Gasteiger partial charge in [0.15, 0.2) is 0 Å². The van der Waals surface area contributed by atoms with Gasteiger partial charge in [-0.3, -0.25) is 9.59 Å². The summed E-state index contributed by atoms with van der Waals surface area (Å²) in [7, 11) is 1.58. The molecular weight excluding hydrogens is 324 g/mol. The van der Waals surface area contributed by atoms with Crippen molar-refractivity contribution in [2.24, 2.45) is 5.92 Å². The fourth-order valence-corrected chi connectivity index (χ4v) is 2.58. The molecule has 1 atom stereocenters. The zero-order valence-corrected chi connectivity index (χ0v) is 14.6. The fourth-order valence-electron chi connectivity index (χ4n) is 2.58. The number of likely N-dealkylation sites (tertiary alicyclic amines) is 1. The first-order valence-electron chi connectivity index (χ1n) is 8.40. The van der Waals surface area contributed by atoms with E-state index < -0.39 is 0 Å². The minimum atomic E-state index is -0.380. The normalized spacial score (nSPS) is 16.8. The van der Waals surface area contributed by atoms with Crippen LogP contribution in [0.4, 0.5) is 5.69 Å². The number of anilines is 1. The molecule has 7 nitrogen and oxygen atoms in total. The van der Waals surface area contributed by atoms with E-state index >= 15 is 0 Å². The Balaban J connectivity index is 1.88. The Morgan fingerprint density at radius 3 is 2.60 bits per heavy atom. The van der Waals surface area contributed by atoms with Crippen LogP contribution in [0.1, 0.15) is 30.1 Å². The number of carbonyl (C=O) groups is 3. The first-order chi connectivity index (χ1) is 12.0. The molecular formula is C18H24N2O5. The highest BCUT2D eigenvalue weighted by atomic mass is 16.5. The molecule has 7 heteroatoms. The van der Waals surface area contributed by atoms with Gasteiger partial charge in [0, 0.05) is 32.3 Å². The quantitative estimate of drug-likeness (QED) is 0.723. The van der Waals surface area contributed by atoms with Crippen LogP contribution in [0.15, 0.2) is 24.3 Å². The van der Waals surface area contributed by atoms with Crippen molar-refractivity contribution in [1.82, 2.24) is 4.90 Å². The Bertz CT molecular complexity index is 614. The number of carbonyl (C=O) groups excluding carboxylic acids is 3.